The molecule has 4 rings (SSSR count). The third kappa shape index (κ3) is 2.54. The minimum atomic E-state index is -0.0102. The van der Waals surface area contributed by atoms with Gasteiger partial charge in [-0.2, -0.15) is 0 Å². The summed E-state index contributed by atoms with van der Waals surface area (Å²) >= 11 is 0. The van der Waals surface area contributed by atoms with Gasteiger partial charge in [-0.25, -0.2) is 4.98 Å². The summed E-state index contributed by atoms with van der Waals surface area (Å²) < 4.78 is 3.63. The Morgan fingerprint density at radius 1 is 1.04 bits per heavy atom. The van der Waals surface area contributed by atoms with Crippen molar-refractivity contribution in [1.82, 2.24) is 19.1 Å². The van der Waals surface area contributed by atoms with E-state index in [4.69, 9.17) is 0 Å². The van der Waals surface area contributed by atoms with Crippen LogP contribution >= 0.6 is 0 Å². The Labute approximate surface area is 145 Å². The van der Waals surface area contributed by atoms with Crippen LogP contribution in [0.3, 0.4) is 0 Å². The van der Waals surface area contributed by atoms with Gasteiger partial charge in [0.1, 0.15) is 0 Å². The Kier molecular flexibility index (Phi) is 3.50. The second-order valence-electron chi connectivity index (χ2n) is 6.28. The molecule has 0 aliphatic carbocycles. The first-order valence-corrected chi connectivity index (χ1v) is 8.10. The third-order valence-corrected chi connectivity index (χ3v) is 4.56. The quantitative estimate of drug-likeness (QED) is 0.566. The van der Waals surface area contributed by atoms with E-state index in [0.717, 1.165) is 33.4 Å². The number of rotatable bonds is 2. The van der Waals surface area contributed by atoms with Crippen LogP contribution in [0.25, 0.3) is 27.7 Å². The SMILES string of the molecule is Cc1cc2c(cn1)cc(-c1cc(-n3ccnc3)ccc1C)c(=O)n2C. The van der Waals surface area contributed by atoms with Crippen LogP contribution in [0, 0.1) is 13.8 Å². The zero-order valence-corrected chi connectivity index (χ0v) is 14.4. The van der Waals surface area contributed by atoms with E-state index in [-0.39, 0.29) is 5.56 Å². The molecular weight excluding hydrogens is 312 g/mol. The van der Waals surface area contributed by atoms with Crippen LogP contribution in [0.5, 0.6) is 0 Å². The second kappa shape index (κ2) is 5.70. The molecule has 0 aliphatic heterocycles. The van der Waals surface area contributed by atoms with E-state index < -0.39 is 0 Å². The number of aromatic nitrogens is 4. The molecular formula is C20H18N4O. The predicted molar refractivity (Wildman–Crippen MR) is 99.0 cm³/mol. The highest BCUT2D eigenvalue weighted by Gasteiger charge is 2.12. The average molecular weight is 330 g/mol. The lowest BCUT2D eigenvalue weighted by Crippen LogP contribution is -2.19. The monoisotopic (exact) mass is 330 g/mol. The van der Waals surface area contributed by atoms with Crippen LogP contribution < -0.4 is 5.56 Å². The molecule has 0 spiro atoms. The Hall–Kier alpha value is -3.21. The first-order chi connectivity index (χ1) is 12.0. The number of nitrogens with zero attached hydrogens (tertiary/aromatic N) is 4. The molecule has 0 aliphatic rings. The van der Waals surface area contributed by atoms with Crippen LogP contribution in [-0.2, 0) is 7.05 Å². The molecule has 0 amide bonds. The van der Waals surface area contributed by atoms with Gasteiger partial charge in [0.05, 0.1) is 11.8 Å². The van der Waals surface area contributed by atoms with Gasteiger partial charge in [-0.1, -0.05) is 6.07 Å². The van der Waals surface area contributed by atoms with E-state index in [1.165, 1.54) is 0 Å². The van der Waals surface area contributed by atoms with Gasteiger partial charge in [0.15, 0.2) is 0 Å². The smallest absolute Gasteiger partial charge is 0.258 e. The molecule has 0 atom stereocenters. The summed E-state index contributed by atoms with van der Waals surface area (Å²) in [6.07, 6.45) is 7.20. The summed E-state index contributed by atoms with van der Waals surface area (Å²) in [5.41, 5.74) is 5.42. The summed E-state index contributed by atoms with van der Waals surface area (Å²) in [7, 11) is 1.81. The fraction of sp³-hybridized carbons (Fsp3) is 0.150. The lowest BCUT2D eigenvalue weighted by Gasteiger charge is -2.13. The molecule has 124 valence electrons. The van der Waals surface area contributed by atoms with Crippen molar-refractivity contribution in [3.63, 3.8) is 0 Å². The fourth-order valence-corrected chi connectivity index (χ4v) is 3.13. The Morgan fingerprint density at radius 2 is 1.88 bits per heavy atom. The molecule has 0 radical (unpaired) electrons. The van der Waals surface area contributed by atoms with Crippen LogP contribution in [0.2, 0.25) is 0 Å². The topological polar surface area (TPSA) is 52.7 Å². The summed E-state index contributed by atoms with van der Waals surface area (Å²) in [4.78, 5) is 21.4. The predicted octanol–water partition coefficient (Wildman–Crippen LogP) is 3.40. The number of pyridine rings is 2. The molecule has 5 nitrogen and oxygen atoms in total. The normalized spacial score (nSPS) is 11.2. The fourth-order valence-electron chi connectivity index (χ4n) is 3.13. The third-order valence-electron chi connectivity index (χ3n) is 4.56. The van der Waals surface area contributed by atoms with E-state index in [0.29, 0.717) is 5.56 Å². The highest BCUT2D eigenvalue weighted by atomic mass is 16.1. The standard InChI is InChI=1S/C20H18N4O/c1-13-4-5-16(24-7-6-21-12-24)10-17(13)18-9-15-11-22-14(2)8-19(15)23(3)20(18)25/h4-12H,1-3H3. The van der Waals surface area contributed by atoms with Gasteiger partial charge in [0, 0.05) is 48.0 Å². The number of fused-ring (bicyclic) bond motifs is 1. The van der Waals surface area contributed by atoms with Crippen molar-refractivity contribution >= 4 is 10.9 Å². The maximum atomic E-state index is 13.0. The highest BCUT2D eigenvalue weighted by Crippen LogP contribution is 2.26. The van der Waals surface area contributed by atoms with E-state index in [1.807, 2.05) is 68.2 Å². The van der Waals surface area contributed by atoms with Gasteiger partial charge in [-0.3, -0.25) is 9.78 Å². The molecule has 0 bridgehead atoms. The summed E-state index contributed by atoms with van der Waals surface area (Å²) in [6.45, 7) is 3.95. The first-order valence-electron chi connectivity index (χ1n) is 8.10. The number of aryl methyl sites for hydroxylation is 3. The number of benzene rings is 1. The highest BCUT2D eigenvalue weighted by molar-refractivity contribution is 5.84. The Bertz CT molecular complexity index is 1140. The van der Waals surface area contributed by atoms with Gasteiger partial charge in [-0.15, -0.1) is 0 Å². The average Bonchev–Trinajstić information content (AvgIpc) is 3.14. The minimum Gasteiger partial charge on any atom is -0.311 e. The Morgan fingerprint density at radius 3 is 2.64 bits per heavy atom. The molecule has 0 fully saturated rings. The molecule has 1 aromatic carbocycles. The minimum absolute atomic E-state index is 0.0102. The van der Waals surface area contributed by atoms with Crippen molar-refractivity contribution < 1.29 is 0 Å². The van der Waals surface area contributed by atoms with Crippen molar-refractivity contribution in [3.8, 4) is 16.8 Å². The van der Waals surface area contributed by atoms with Crippen LogP contribution in [0.1, 0.15) is 11.3 Å². The van der Waals surface area contributed by atoms with Gasteiger partial charge in [0.2, 0.25) is 0 Å². The molecule has 3 aromatic heterocycles. The van der Waals surface area contributed by atoms with Crippen molar-refractivity contribution in [3.05, 3.63) is 76.9 Å². The molecule has 0 N–H and O–H groups in total. The molecule has 0 saturated heterocycles. The maximum Gasteiger partial charge on any atom is 0.258 e. The van der Waals surface area contributed by atoms with Gasteiger partial charge < -0.3 is 9.13 Å². The maximum absolute atomic E-state index is 13.0. The van der Waals surface area contributed by atoms with Gasteiger partial charge in [0.25, 0.3) is 5.56 Å². The molecule has 25 heavy (non-hydrogen) atoms. The van der Waals surface area contributed by atoms with Gasteiger partial charge >= 0.3 is 0 Å². The first kappa shape index (κ1) is 15.3. The van der Waals surface area contributed by atoms with E-state index in [1.54, 1.807) is 17.1 Å². The molecule has 0 saturated carbocycles. The van der Waals surface area contributed by atoms with Crippen molar-refractivity contribution in [2.45, 2.75) is 13.8 Å². The molecule has 3 heterocycles. The largest absolute Gasteiger partial charge is 0.311 e. The molecule has 5 heteroatoms. The summed E-state index contributed by atoms with van der Waals surface area (Å²) in [5, 5.41) is 0.954. The van der Waals surface area contributed by atoms with Gasteiger partial charge in [-0.05, 0) is 49.2 Å². The van der Waals surface area contributed by atoms with Crippen LogP contribution in [0.15, 0.2) is 60.0 Å². The van der Waals surface area contributed by atoms with Crippen LogP contribution in [0.4, 0.5) is 0 Å². The van der Waals surface area contributed by atoms with Crippen molar-refractivity contribution in [1.29, 1.82) is 0 Å². The zero-order valence-electron chi connectivity index (χ0n) is 14.4. The number of imidazole rings is 1. The molecule has 4 aromatic rings. The zero-order chi connectivity index (χ0) is 17.6. The van der Waals surface area contributed by atoms with Crippen LogP contribution in [-0.4, -0.2) is 19.1 Å². The molecule has 0 unspecified atom stereocenters. The van der Waals surface area contributed by atoms with E-state index in [2.05, 4.69) is 9.97 Å². The number of hydrogen-bond donors (Lipinski definition) is 0. The lowest BCUT2D eigenvalue weighted by molar-refractivity contribution is 0.905. The van der Waals surface area contributed by atoms with E-state index in [9.17, 15) is 4.79 Å². The lowest BCUT2D eigenvalue weighted by atomic mass is 9.99. The van der Waals surface area contributed by atoms with Crippen molar-refractivity contribution in [2.24, 2.45) is 7.05 Å². The summed E-state index contributed by atoms with van der Waals surface area (Å²) in [6, 6.07) is 9.96. The Balaban J connectivity index is 1.99. The second-order valence-corrected chi connectivity index (χ2v) is 6.28. The van der Waals surface area contributed by atoms with E-state index >= 15 is 0 Å². The van der Waals surface area contributed by atoms with Crippen molar-refractivity contribution in [2.75, 3.05) is 0 Å². The number of hydrogen-bond acceptors (Lipinski definition) is 3. The summed E-state index contributed by atoms with van der Waals surface area (Å²) in [5.74, 6) is 0.